The Bertz CT molecular complexity index is 643. The third kappa shape index (κ3) is 2.72. The Labute approximate surface area is 119 Å². The van der Waals surface area contributed by atoms with Crippen molar-refractivity contribution >= 4 is 11.5 Å². The molecule has 1 heterocycles. The number of aromatic nitrogens is 1. The van der Waals surface area contributed by atoms with E-state index in [-0.39, 0.29) is 0 Å². The Hall–Kier alpha value is -2.54. The minimum atomic E-state index is 0.449. The predicted octanol–water partition coefficient (Wildman–Crippen LogP) is 2.87. The quantitative estimate of drug-likeness (QED) is 0.924. The monoisotopic (exact) mass is 266 g/mol. The van der Waals surface area contributed by atoms with E-state index in [2.05, 4.69) is 41.9 Å². The zero-order valence-corrected chi connectivity index (χ0v) is 11.8. The molecule has 0 amide bonds. The van der Waals surface area contributed by atoms with Gasteiger partial charge in [0.1, 0.15) is 6.07 Å². The molecule has 0 atom stereocenters. The average molecular weight is 266 g/mol. The van der Waals surface area contributed by atoms with Crippen molar-refractivity contribution in [2.75, 3.05) is 17.2 Å². The molecular formula is C16H18N4. The van der Waals surface area contributed by atoms with E-state index in [9.17, 15) is 0 Å². The highest BCUT2D eigenvalue weighted by atomic mass is 15.2. The molecule has 20 heavy (non-hydrogen) atoms. The zero-order chi connectivity index (χ0) is 14.5. The molecule has 0 saturated carbocycles. The molecule has 0 fully saturated rings. The molecule has 0 saturated heterocycles. The lowest BCUT2D eigenvalue weighted by molar-refractivity contribution is 0.811. The van der Waals surface area contributed by atoms with Gasteiger partial charge in [0.15, 0.2) is 5.82 Å². The van der Waals surface area contributed by atoms with Crippen LogP contribution in [0.25, 0.3) is 0 Å². The topological polar surface area (TPSA) is 65.9 Å². The van der Waals surface area contributed by atoms with Gasteiger partial charge in [0.05, 0.1) is 11.3 Å². The van der Waals surface area contributed by atoms with E-state index in [1.54, 1.807) is 12.3 Å². The fourth-order valence-corrected chi connectivity index (χ4v) is 2.14. The van der Waals surface area contributed by atoms with Crippen LogP contribution >= 0.6 is 0 Å². The van der Waals surface area contributed by atoms with Crippen LogP contribution in [0, 0.1) is 18.3 Å². The van der Waals surface area contributed by atoms with Crippen LogP contribution in [0.4, 0.5) is 11.5 Å². The molecule has 4 nitrogen and oxygen atoms in total. The minimum absolute atomic E-state index is 0.449. The Kier molecular flexibility index (Phi) is 4.21. The lowest BCUT2D eigenvalue weighted by Gasteiger charge is -2.24. The zero-order valence-electron chi connectivity index (χ0n) is 11.8. The molecular weight excluding hydrogens is 248 g/mol. The molecule has 0 spiro atoms. The highest BCUT2D eigenvalue weighted by Crippen LogP contribution is 2.25. The number of anilines is 2. The SMILES string of the molecule is CCN(Cc1ccccc1C)c1nccc(C#N)c1N. The number of pyridine rings is 1. The highest BCUT2D eigenvalue weighted by Gasteiger charge is 2.13. The number of rotatable bonds is 4. The summed E-state index contributed by atoms with van der Waals surface area (Å²) in [6, 6.07) is 12.0. The van der Waals surface area contributed by atoms with Crippen molar-refractivity contribution < 1.29 is 0 Å². The second-order valence-corrected chi connectivity index (χ2v) is 4.65. The van der Waals surface area contributed by atoms with E-state index in [1.807, 2.05) is 12.1 Å². The number of hydrogen-bond acceptors (Lipinski definition) is 4. The number of nitrogens with two attached hydrogens (primary N) is 1. The van der Waals surface area contributed by atoms with Crippen molar-refractivity contribution in [3.05, 3.63) is 53.2 Å². The van der Waals surface area contributed by atoms with Crippen LogP contribution in [0.15, 0.2) is 36.5 Å². The molecule has 4 heteroatoms. The molecule has 0 aliphatic heterocycles. The summed E-state index contributed by atoms with van der Waals surface area (Å²) in [4.78, 5) is 6.42. The van der Waals surface area contributed by atoms with Gasteiger partial charge in [-0.15, -0.1) is 0 Å². The fourth-order valence-electron chi connectivity index (χ4n) is 2.14. The van der Waals surface area contributed by atoms with Crippen molar-refractivity contribution in [1.29, 1.82) is 5.26 Å². The van der Waals surface area contributed by atoms with E-state index < -0.39 is 0 Å². The maximum Gasteiger partial charge on any atom is 0.153 e. The van der Waals surface area contributed by atoms with Crippen molar-refractivity contribution in [2.45, 2.75) is 20.4 Å². The number of benzene rings is 1. The molecule has 1 aromatic carbocycles. The summed E-state index contributed by atoms with van der Waals surface area (Å²) in [5, 5.41) is 9.05. The van der Waals surface area contributed by atoms with Crippen LogP contribution in [0.2, 0.25) is 0 Å². The number of nitrogens with zero attached hydrogens (tertiary/aromatic N) is 3. The molecule has 1 aromatic heterocycles. The van der Waals surface area contributed by atoms with Gasteiger partial charge < -0.3 is 10.6 Å². The van der Waals surface area contributed by atoms with Gasteiger partial charge >= 0.3 is 0 Å². The molecule has 102 valence electrons. The fraction of sp³-hybridized carbons (Fsp3) is 0.250. The molecule has 0 radical (unpaired) electrons. The van der Waals surface area contributed by atoms with Crippen LogP contribution in [0.3, 0.4) is 0 Å². The largest absolute Gasteiger partial charge is 0.395 e. The van der Waals surface area contributed by atoms with Crippen molar-refractivity contribution in [1.82, 2.24) is 4.98 Å². The van der Waals surface area contributed by atoms with Crippen molar-refractivity contribution in [3.8, 4) is 6.07 Å². The maximum atomic E-state index is 9.05. The third-order valence-electron chi connectivity index (χ3n) is 3.39. The van der Waals surface area contributed by atoms with Gasteiger partial charge in [0, 0.05) is 19.3 Å². The lowest BCUT2D eigenvalue weighted by Crippen LogP contribution is -2.25. The summed E-state index contributed by atoms with van der Waals surface area (Å²) in [6.45, 7) is 5.65. The van der Waals surface area contributed by atoms with Gasteiger partial charge in [-0.2, -0.15) is 5.26 Å². The first-order valence-corrected chi connectivity index (χ1v) is 6.61. The smallest absolute Gasteiger partial charge is 0.153 e. The van der Waals surface area contributed by atoms with Gasteiger partial charge in [0.25, 0.3) is 0 Å². The molecule has 2 aromatic rings. The van der Waals surface area contributed by atoms with Crippen LogP contribution < -0.4 is 10.6 Å². The van der Waals surface area contributed by atoms with E-state index in [0.717, 1.165) is 13.1 Å². The number of hydrogen-bond donors (Lipinski definition) is 1. The summed E-state index contributed by atoms with van der Waals surface area (Å²) in [6.07, 6.45) is 1.63. The summed E-state index contributed by atoms with van der Waals surface area (Å²) in [5.41, 5.74) is 9.43. The third-order valence-corrected chi connectivity index (χ3v) is 3.39. The van der Waals surface area contributed by atoms with Gasteiger partial charge in [-0.05, 0) is 31.0 Å². The van der Waals surface area contributed by atoms with Gasteiger partial charge in [-0.3, -0.25) is 0 Å². The van der Waals surface area contributed by atoms with E-state index >= 15 is 0 Å². The molecule has 2 rings (SSSR count). The van der Waals surface area contributed by atoms with E-state index in [4.69, 9.17) is 11.0 Å². The Morgan fingerprint density at radius 2 is 2.05 bits per heavy atom. The summed E-state index contributed by atoms with van der Waals surface area (Å²) in [7, 11) is 0. The van der Waals surface area contributed by atoms with Crippen molar-refractivity contribution in [3.63, 3.8) is 0 Å². The van der Waals surface area contributed by atoms with E-state index in [1.165, 1.54) is 11.1 Å². The van der Waals surface area contributed by atoms with Crippen LogP contribution in [-0.4, -0.2) is 11.5 Å². The average Bonchev–Trinajstić information content (AvgIpc) is 2.47. The first kappa shape index (κ1) is 13.9. The first-order valence-electron chi connectivity index (χ1n) is 6.61. The number of aryl methyl sites for hydroxylation is 1. The van der Waals surface area contributed by atoms with Gasteiger partial charge in [-0.25, -0.2) is 4.98 Å². The second-order valence-electron chi connectivity index (χ2n) is 4.65. The molecule has 0 bridgehead atoms. The summed E-state index contributed by atoms with van der Waals surface area (Å²) < 4.78 is 0. The minimum Gasteiger partial charge on any atom is -0.395 e. The Balaban J connectivity index is 2.35. The normalized spacial score (nSPS) is 10.1. The summed E-state index contributed by atoms with van der Waals surface area (Å²) >= 11 is 0. The van der Waals surface area contributed by atoms with Crippen LogP contribution in [-0.2, 0) is 6.54 Å². The molecule has 2 N–H and O–H groups in total. The second kappa shape index (κ2) is 6.07. The van der Waals surface area contributed by atoms with Gasteiger partial charge in [0.2, 0.25) is 0 Å². The van der Waals surface area contributed by atoms with Crippen LogP contribution in [0.5, 0.6) is 0 Å². The van der Waals surface area contributed by atoms with Crippen LogP contribution in [0.1, 0.15) is 23.6 Å². The maximum absolute atomic E-state index is 9.05. The number of nitrogen functional groups attached to an aromatic ring is 1. The first-order chi connectivity index (χ1) is 9.67. The molecule has 0 unspecified atom stereocenters. The number of nitriles is 1. The molecule has 0 aliphatic carbocycles. The molecule has 0 aliphatic rings. The highest BCUT2D eigenvalue weighted by molar-refractivity contribution is 5.70. The van der Waals surface area contributed by atoms with Gasteiger partial charge in [-0.1, -0.05) is 24.3 Å². The summed E-state index contributed by atoms with van der Waals surface area (Å²) in [5.74, 6) is 0.676. The Morgan fingerprint density at radius 1 is 1.30 bits per heavy atom. The van der Waals surface area contributed by atoms with E-state index in [0.29, 0.717) is 17.1 Å². The predicted molar refractivity (Wildman–Crippen MR) is 81.3 cm³/mol. The van der Waals surface area contributed by atoms with Crippen molar-refractivity contribution in [2.24, 2.45) is 0 Å². The Morgan fingerprint density at radius 3 is 2.70 bits per heavy atom. The standard InChI is InChI=1S/C16H18N4/c1-3-20(11-14-7-5-4-6-12(14)2)16-15(18)13(10-17)8-9-19-16/h4-9H,3,11,18H2,1-2H3. The lowest BCUT2D eigenvalue weighted by atomic mass is 10.1.